The van der Waals surface area contributed by atoms with Crippen molar-refractivity contribution in [3.8, 4) is 0 Å². The van der Waals surface area contributed by atoms with Crippen molar-refractivity contribution in [1.82, 2.24) is 29.5 Å². The first-order valence-electron chi connectivity index (χ1n) is 12.5. The molecule has 2 aromatic rings. The first kappa shape index (κ1) is 21.6. The van der Waals surface area contributed by atoms with Crippen molar-refractivity contribution in [2.45, 2.75) is 70.9 Å². The van der Waals surface area contributed by atoms with E-state index in [1.807, 2.05) is 18.5 Å². The highest BCUT2D eigenvalue weighted by atomic mass is 16.2. The summed E-state index contributed by atoms with van der Waals surface area (Å²) in [6.07, 6.45) is 11.4. The molecule has 0 spiro atoms. The fourth-order valence-corrected chi connectivity index (χ4v) is 5.38. The lowest BCUT2D eigenvalue weighted by Crippen LogP contribution is -2.41. The normalized spacial score (nSPS) is 22.0. The number of aryl methyl sites for hydroxylation is 1. The topological polar surface area (TPSA) is 67.2 Å². The Morgan fingerprint density at radius 2 is 2.00 bits per heavy atom. The van der Waals surface area contributed by atoms with Crippen LogP contribution in [0.1, 0.15) is 68.6 Å². The second kappa shape index (κ2) is 9.69. The maximum Gasteiger partial charge on any atom is 0.227 e. The number of fused-ring (bicyclic) bond motifs is 1. The molecule has 2 aromatic heterocycles. The standard InChI is InChI=1S/C25H36N6O/c1-2-12-30(17-19-5-6-19)25(32)22-7-8-23-27-28-24(31(23)18-22)21-9-13-29(14-10-21)16-20-4-3-11-26-15-20/h3-4,11,15,19,21-22H,2,5-10,12-14,16-18H2,1H3/t22-/m1/s1. The molecule has 32 heavy (non-hydrogen) atoms. The van der Waals surface area contributed by atoms with Gasteiger partial charge in [0.1, 0.15) is 11.6 Å². The van der Waals surface area contributed by atoms with Crippen molar-refractivity contribution in [1.29, 1.82) is 0 Å². The van der Waals surface area contributed by atoms with Gasteiger partial charge < -0.3 is 9.47 Å². The molecule has 0 bridgehead atoms. The van der Waals surface area contributed by atoms with Gasteiger partial charge in [0.25, 0.3) is 0 Å². The molecule has 2 aliphatic heterocycles. The maximum absolute atomic E-state index is 13.3. The van der Waals surface area contributed by atoms with Gasteiger partial charge in [0.2, 0.25) is 5.91 Å². The van der Waals surface area contributed by atoms with Gasteiger partial charge in [-0.25, -0.2) is 0 Å². The molecule has 1 aliphatic carbocycles. The van der Waals surface area contributed by atoms with Crippen LogP contribution in [-0.2, 0) is 24.3 Å². The van der Waals surface area contributed by atoms with Crippen LogP contribution in [-0.4, -0.2) is 61.6 Å². The lowest BCUT2D eigenvalue weighted by atomic mass is 9.93. The van der Waals surface area contributed by atoms with Crippen LogP contribution in [0.3, 0.4) is 0 Å². The zero-order chi connectivity index (χ0) is 21.9. The van der Waals surface area contributed by atoms with Crippen LogP contribution in [0.5, 0.6) is 0 Å². The Morgan fingerprint density at radius 3 is 2.72 bits per heavy atom. The number of carbonyl (C=O) groups excluding carboxylic acids is 1. The summed E-state index contributed by atoms with van der Waals surface area (Å²) in [4.78, 5) is 22.2. The quantitative estimate of drug-likeness (QED) is 0.635. The molecule has 1 saturated carbocycles. The first-order valence-corrected chi connectivity index (χ1v) is 12.5. The predicted molar refractivity (Wildman–Crippen MR) is 123 cm³/mol. The lowest BCUT2D eigenvalue weighted by molar-refractivity contribution is -0.137. The largest absolute Gasteiger partial charge is 0.342 e. The van der Waals surface area contributed by atoms with Crippen LogP contribution in [0.2, 0.25) is 0 Å². The Kier molecular flexibility index (Phi) is 6.53. The molecule has 7 nitrogen and oxygen atoms in total. The Bertz CT molecular complexity index is 900. The van der Waals surface area contributed by atoms with E-state index in [2.05, 4.69) is 42.5 Å². The number of nitrogens with zero attached hydrogens (tertiary/aromatic N) is 6. The molecule has 0 radical (unpaired) electrons. The summed E-state index contributed by atoms with van der Waals surface area (Å²) in [6, 6.07) is 4.16. The fraction of sp³-hybridized carbons (Fsp3) is 0.680. The minimum atomic E-state index is 0.0771. The second-order valence-corrected chi connectivity index (χ2v) is 9.96. The number of likely N-dealkylation sites (tertiary alicyclic amines) is 1. The Balaban J connectivity index is 1.21. The molecule has 4 heterocycles. The smallest absolute Gasteiger partial charge is 0.227 e. The molecule has 3 aliphatic rings. The predicted octanol–water partition coefficient (Wildman–Crippen LogP) is 3.26. The highest BCUT2D eigenvalue weighted by molar-refractivity contribution is 5.79. The Labute approximate surface area is 191 Å². The molecule has 1 atom stereocenters. The van der Waals surface area contributed by atoms with Gasteiger partial charge in [0.15, 0.2) is 0 Å². The average molecular weight is 437 g/mol. The molecule has 5 rings (SSSR count). The Morgan fingerprint density at radius 1 is 1.16 bits per heavy atom. The molecule has 0 aromatic carbocycles. The summed E-state index contributed by atoms with van der Waals surface area (Å²) in [5.41, 5.74) is 1.27. The highest BCUT2D eigenvalue weighted by Crippen LogP contribution is 2.33. The van der Waals surface area contributed by atoms with Gasteiger partial charge in [0, 0.05) is 50.9 Å². The summed E-state index contributed by atoms with van der Waals surface area (Å²) in [5, 5.41) is 9.14. The van der Waals surface area contributed by atoms with E-state index in [9.17, 15) is 4.79 Å². The van der Waals surface area contributed by atoms with Crippen molar-refractivity contribution in [2.24, 2.45) is 11.8 Å². The van der Waals surface area contributed by atoms with Crippen LogP contribution in [0, 0.1) is 11.8 Å². The number of rotatable bonds is 8. The molecular weight excluding hydrogens is 400 g/mol. The van der Waals surface area contributed by atoms with Crippen LogP contribution in [0.4, 0.5) is 0 Å². The second-order valence-electron chi connectivity index (χ2n) is 9.96. The third kappa shape index (κ3) is 4.87. The number of pyridine rings is 1. The molecule has 1 saturated heterocycles. The minimum absolute atomic E-state index is 0.0771. The molecule has 1 amide bonds. The summed E-state index contributed by atoms with van der Waals surface area (Å²) in [6.45, 7) is 7.88. The molecular formula is C25H36N6O. The van der Waals surface area contributed by atoms with Gasteiger partial charge in [-0.1, -0.05) is 13.0 Å². The van der Waals surface area contributed by atoms with E-state index >= 15 is 0 Å². The summed E-state index contributed by atoms with van der Waals surface area (Å²) < 4.78 is 2.30. The SMILES string of the molecule is CCCN(CC1CC1)C(=O)[C@@H]1CCc2nnc(C3CCN(Cc4cccnc4)CC3)n2C1. The number of amides is 1. The van der Waals surface area contributed by atoms with Crippen LogP contribution >= 0.6 is 0 Å². The third-order valence-corrected chi connectivity index (χ3v) is 7.39. The lowest BCUT2D eigenvalue weighted by Gasteiger charge is -2.33. The van der Waals surface area contributed by atoms with Gasteiger partial charge in [-0.15, -0.1) is 10.2 Å². The van der Waals surface area contributed by atoms with Crippen molar-refractivity contribution in [2.75, 3.05) is 26.2 Å². The van der Waals surface area contributed by atoms with E-state index in [1.165, 1.54) is 18.4 Å². The van der Waals surface area contributed by atoms with E-state index in [-0.39, 0.29) is 5.92 Å². The summed E-state index contributed by atoms with van der Waals surface area (Å²) in [5.74, 6) is 3.80. The van der Waals surface area contributed by atoms with E-state index in [4.69, 9.17) is 0 Å². The van der Waals surface area contributed by atoms with Crippen molar-refractivity contribution >= 4 is 5.91 Å². The zero-order valence-electron chi connectivity index (χ0n) is 19.3. The fourth-order valence-electron chi connectivity index (χ4n) is 5.38. The van der Waals surface area contributed by atoms with Crippen LogP contribution in [0.25, 0.3) is 0 Å². The van der Waals surface area contributed by atoms with Crippen molar-refractivity contribution < 1.29 is 4.79 Å². The zero-order valence-corrected chi connectivity index (χ0v) is 19.3. The number of piperidine rings is 1. The molecule has 0 unspecified atom stereocenters. The Hall–Kier alpha value is -2.28. The summed E-state index contributed by atoms with van der Waals surface area (Å²) in [7, 11) is 0. The third-order valence-electron chi connectivity index (χ3n) is 7.39. The summed E-state index contributed by atoms with van der Waals surface area (Å²) >= 11 is 0. The highest BCUT2D eigenvalue weighted by Gasteiger charge is 2.35. The number of carbonyl (C=O) groups is 1. The molecule has 2 fully saturated rings. The van der Waals surface area contributed by atoms with Crippen molar-refractivity contribution in [3.05, 3.63) is 41.7 Å². The number of hydrogen-bond acceptors (Lipinski definition) is 5. The van der Waals surface area contributed by atoms with E-state index in [1.54, 1.807) is 0 Å². The van der Waals surface area contributed by atoms with E-state index < -0.39 is 0 Å². The van der Waals surface area contributed by atoms with Gasteiger partial charge >= 0.3 is 0 Å². The van der Waals surface area contributed by atoms with Gasteiger partial charge in [-0.05, 0) is 69.2 Å². The average Bonchev–Trinajstić information content (AvgIpc) is 3.55. The maximum atomic E-state index is 13.3. The molecule has 7 heteroatoms. The molecule has 0 N–H and O–H groups in total. The van der Waals surface area contributed by atoms with Crippen LogP contribution in [0.15, 0.2) is 24.5 Å². The van der Waals surface area contributed by atoms with Gasteiger partial charge in [0.05, 0.1) is 5.92 Å². The van der Waals surface area contributed by atoms with Crippen LogP contribution < -0.4 is 0 Å². The number of aromatic nitrogens is 4. The van der Waals surface area contributed by atoms with Gasteiger partial charge in [-0.2, -0.15) is 0 Å². The van der Waals surface area contributed by atoms with Gasteiger partial charge in [-0.3, -0.25) is 14.7 Å². The first-order chi connectivity index (χ1) is 15.7. The molecule has 172 valence electrons. The monoisotopic (exact) mass is 436 g/mol. The number of hydrogen-bond donors (Lipinski definition) is 0. The van der Waals surface area contributed by atoms with E-state index in [0.717, 1.165) is 88.9 Å². The van der Waals surface area contributed by atoms with Crippen molar-refractivity contribution in [3.63, 3.8) is 0 Å². The van der Waals surface area contributed by atoms with E-state index in [0.29, 0.717) is 11.8 Å². The minimum Gasteiger partial charge on any atom is -0.342 e.